The molecule has 0 aliphatic heterocycles. The maximum absolute atomic E-state index is 13.5. The highest BCUT2D eigenvalue weighted by atomic mass is 32.2. The van der Waals surface area contributed by atoms with Crippen molar-refractivity contribution in [2.75, 3.05) is 5.75 Å². The Morgan fingerprint density at radius 3 is 3.00 bits per heavy atom. The number of thioether (sulfide) groups is 1. The van der Waals surface area contributed by atoms with E-state index in [1.54, 1.807) is 18.3 Å². The first kappa shape index (κ1) is 12.7. The monoisotopic (exact) mass is 261 g/mol. The number of nitrogens with zero attached hydrogens (tertiary/aromatic N) is 3. The van der Waals surface area contributed by atoms with Gasteiger partial charge in [0, 0.05) is 30.1 Å². The summed E-state index contributed by atoms with van der Waals surface area (Å²) in [6.07, 6.45) is 3.99. The van der Waals surface area contributed by atoms with Crippen molar-refractivity contribution < 1.29 is 4.39 Å². The molecule has 2 rings (SSSR count). The summed E-state index contributed by atoms with van der Waals surface area (Å²) in [4.78, 5) is 4.21. The van der Waals surface area contributed by atoms with Gasteiger partial charge in [0.1, 0.15) is 5.82 Å². The molecule has 18 heavy (non-hydrogen) atoms. The SMILES string of the molecule is N#CCCSc1nccn1Cc1ccccc1F. The minimum Gasteiger partial charge on any atom is -0.322 e. The first-order valence-corrected chi connectivity index (χ1v) is 6.54. The molecule has 0 amide bonds. The smallest absolute Gasteiger partial charge is 0.168 e. The first-order chi connectivity index (χ1) is 8.81. The molecule has 0 atom stereocenters. The van der Waals surface area contributed by atoms with Gasteiger partial charge < -0.3 is 4.57 Å². The van der Waals surface area contributed by atoms with Gasteiger partial charge in [0.15, 0.2) is 5.16 Å². The first-order valence-electron chi connectivity index (χ1n) is 5.55. The summed E-state index contributed by atoms with van der Waals surface area (Å²) in [5.74, 6) is 0.490. The number of imidazole rings is 1. The molecule has 1 aromatic carbocycles. The van der Waals surface area contributed by atoms with Crippen molar-refractivity contribution in [1.29, 1.82) is 5.26 Å². The Morgan fingerprint density at radius 1 is 1.39 bits per heavy atom. The molecular formula is C13H12FN3S. The zero-order valence-corrected chi connectivity index (χ0v) is 10.5. The maximum Gasteiger partial charge on any atom is 0.168 e. The quantitative estimate of drug-likeness (QED) is 0.613. The Hall–Kier alpha value is -1.80. The van der Waals surface area contributed by atoms with Gasteiger partial charge in [-0.15, -0.1) is 0 Å². The summed E-state index contributed by atoms with van der Waals surface area (Å²) < 4.78 is 15.4. The summed E-state index contributed by atoms with van der Waals surface area (Å²) in [5, 5.41) is 9.31. The molecule has 0 bridgehead atoms. The van der Waals surface area contributed by atoms with E-state index in [-0.39, 0.29) is 5.82 Å². The van der Waals surface area contributed by atoms with Crippen molar-refractivity contribution in [3.8, 4) is 6.07 Å². The van der Waals surface area contributed by atoms with Gasteiger partial charge in [0.2, 0.25) is 0 Å². The Bertz CT molecular complexity index is 559. The molecule has 5 heteroatoms. The van der Waals surface area contributed by atoms with Gasteiger partial charge in [-0.05, 0) is 6.07 Å². The molecule has 1 heterocycles. The summed E-state index contributed by atoms with van der Waals surface area (Å²) in [5.41, 5.74) is 0.637. The highest BCUT2D eigenvalue weighted by Gasteiger charge is 2.06. The summed E-state index contributed by atoms with van der Waals surface area (Å²) in [7, 11) is 0. The summed E-state index contributed by atoms with van der Waals surface area (Å²) >= 11 is 1.51. The van der Waals surface area contributed by atoms with E-state index in [4.69, 9.17) is 5.26 Å². The molecule has 0 radical (unpaired) electrons. The Balaban J connectivity index is 2.08. The van der Waals surface area contributed by atoms with Crippen molar-refractivity contribution in [3.63, 3.8) is 0 Å². The molecular weight excluding hydrogens is 249 g/mol. The van der Waals surface area contributed by atoms with Crippen LogP contribution in [0.4, 0.5) is 4.39 Å². The van der Waals surface area contributed by atoms with E-state index in [0.29, 0.717) is 24.3 Å². The van der Waals surface area contributed by atoms with Gasteiger partial charge in [0.05, 0.1) is 12.6 Å². The molecule has 1 aromatic heterocycles. The third-order valence-electron chi connectivity index (χ3n) is 2.42. The second-order valence-corrected chi connectivity index (χ2v) is 4.75. The number of benzene rings is 1. The van der Waals surface area contributed by atoms with Crippen molar-refractivity contribution in [2.45, 2.75) is 18.1 Å². The van der Waals surface area contributed by atoms with E-state index < -0.39 is 0 Å². The van der Waals surface area contributed by atoms with E-state index >= 15 is 0 Å². The lowest BCUT2D eigenvalue weighted by Gasteiger charge is -2.07. The fourth-order valence-electron chi connectivity index (χ4n) is 1.55. The van der Waals surface area contributed by atoms with Crippen molar-refractivity contribution in [3.05, 3.63) is 48.0 Å². The molecule has 0 saturated carbocycles. The lowest BCUT2D eigenvalue weighted by Crippen LogP contribution is -2.02. The molecule has 0 fully saturated rings. The average Bonchev–Trinajstić information content (AvgIpc) is 2.80. The molecule has 0 aliphatic rings. The molecule has 0 N–H and O–H groups in total. The van der Waals surface area contributed by atoms with Gasteiger partial charge in [-0.25, -0.2) is 9.37 Å². The largest absolute Gasteiger partial charge is 0.322 e. The number of aromatic nitrogens is 2. The van der Waals surface area contributed by atoms with Crippen LogP contribution in [0.3, 0.4) is 0 Å². The van der Waals surface area contributed by atoms with Crippen LogP contribution < -0.4 is 0 Å². The number of hydrogen-bond donors (Lipinski definition) is 0. The third-order valence-corrected chi connectivity index (χ3v) is 3.43. The molecule has 0 unspecified atom stereocenters. The van der Waals surface area contributed by atoms with E-state index in [1.807, 2.05) is 16.8 Å². The highest BCUT2D eigenvalue weighted by Crippen LogP contribution is 2.18. The Kier molecular flexibility index (Phi) is 4.37. The van der Waals surface area contributed by atoms with Crippen LogP contribution >= 0.6 is 11.8 Å². The van der Waals surface area contributed by atoms with E-state index in [9.17, 15) is 4.39 Å². The number of nitriles is 1. The molecule has 0 aliphatic carbocycles. The number of rotatable bonds is 5. The number of hydrogen-bond acceptors (Lipinski definition) is 3. The highest BCUT2D eigenvalue weighted by molar-refractivity contribution is 7.99. The van der Waals surface area contributed by atoms with Crippen LogP contribution in [-0.4, -0.2) is 15.3 Å². The van der Waals surface area contributed by atoms with Gasteiger partial charge in [-0.2, -0.15) is 5.26 Å². The van der Waals surface area contributed by atoms with Crippen LogP contribution in [0.5, 0.6) is 0 Å². The zero-order valence-electron chi connectivity index (χ0n) is 9.71. The Labute approximate surface area is 109 Å². The number of halogens is 1. The second-order valence-electron chi connectivity index (χ2n) is 3.69. The molecule has 3 nitrogen and oxygen atoms in total. The molecule has 0 saturated heterocycles. The van der Waals surface area contributed by atoms with E-state index in [0.717, 1.165) is 5.16 Å². The van der Waals surface area contributed by atoms with E-state index in [2.05, 4.69) is 11.1 Å². The van der Waals surface area contributed by atoms with Crippen LogP contribution in [0, 0.1) is 17.1 Å². The minimum atomic E-state index is -0.209. The predicted molar refractivity (Wildman–Crippen MR) is 68.7 cm³/mol. The van der Waals surface area contributed by atoms with E-state index in [1.165, 1.54) is 17.8 Å². The average molecular weight is 261 g/mol. The second kappa shape index (κ2) is 6.22. The van der Waals surface area contributed by atoms with Gasteiger partial charge in [0.25, 0.3) is 0 Å². The lowest BCUT2D eigenvalue weighted by atomic mass is 10.2. The van der Waals surface area contributed by atoms with Crippen LogP contribution in [0.25, 0.3) is 0 Å². The standard InChI is InChI=1S/C13H12FN3S/c14-12-5-2-1-4-11(12)10-17-8-7-16-13(17)18-9-3-6-15/h1-2,4-5,7-8H,3,9-10H2. The van der Waals surface area contributed by atoms with Crippen molar-refractivity contribution in [2.24, 2.45) is 0 Å². The molecule has 2 aromatic rings. The van der Waals surface area contributed by atoms with Gasteiger partial charge in [-0.3, -0.25) is 0 Å². The van der Waals surface area contributed by atoms with Crippen molar-refractivity contribution >= 4 is 11.8 Å². The molecule has 0 spiro atoms. The normalized spacial score (nSPS) is 10.2. The molecule has 92 valence electrons. The van der Waals surface area contributed by atoms with Crippen LogP contribution in [-0.2, 0) is 6.54 Å². The fraction of sp³-hybridized carbons (Fsp3) is 0.231. The van der Waals surface area contributed by atoms with Crippen LogP contribution in [0.1, 0.15) is 12.0 Å². The summed E-state index contributed by atoms with van der Waals surface area (Å²) in [6, 6.07) is 8.80. The fourth-order valence-corrected chi connectivity index (χ4v) is 2.36. The summed E-state index contributed by atoms with van der Waals surface area (Å²) in [6.45, 7) is 0.460. The van der Waals surface area contributed by atoms with Gasteiger partial charge in [-0.1, -0.05) is 30.0 Å². The minimum absolute atomic E-state index is 0.209. The zero-order chi connectivity index (χ0) is 12.8. The third kappa shape index (κ3) is 3.11. The predicted octanol–water partition coefficient (Wildman–Crippen LogP) is 3.08. The topological polar surface area (TPSA) is 41.6 Å². The van der Waals surface area contributed by atoms with Crippen molar-refractivity contribution in [1.82, 2.24) is 9.55 Å². The van der Waals surface area contributed by atoms with Crippen LogP contribution in [0.2, 0.25) is 0 Å². The van der Waals surface area contributed by atoms with Gasteiger partial charge >= 0.3 is 0 Å². The maximum atomic E-state index is 13.5. The van der Waals surface area contributed by atoms with Crippen LogP contribution in [0.15, 0.2) is 41.8 Å². The Morgan fingerprint density at radius 2 is 2.22 bits per heavy atom. The lowest BCUT2D eigenvalue weighted by molar-refractivity contribution is 0.590.